The molecule has 0 aliphatic heterocycles. The molecule has 0 radical (unpaired) electrons. The fourth-order valence-corrected chi connectivity index (χ4v) is 3.97. The first-order valence-electron chi connectivity index (χ1n) is 6.83. The lowest BCUT2D eigenvalue weighted by atomic mass is 10.0. The van der Waals surface area contributed by atoms with Crippen LogP contribution in [0.15, 0.2) is 29.2 Å². The minimum atomic E-state index is -3.34. The highest BCUT2D eigenvalue weighted by Crippen LogP contribution is 2.22. The van der Waals surface area contributed by atoms with Gasteiger partial charge in [0.25, 0.3) is 0 Å². The molecule has 0 bridgehead atoms. The van der Waals surface area contributed by atoms with Gasteiger partial charge in [-0.2, -0.15) is 0 Å². The third kappa shape index (κ3) is 4.72. The highest BCUT2D eigenvalue weighted by Gasteiger charge is 2.17. The summed E-state index contributed by atoms with van der Waals surface area (Å²) in [6.45, 7) is 0.578. The highest BCUT2D eigenvalue weighted by atomic mass is 127. The summed E-state index contributed by atoms with van der Waals surface area (Å²) in [5.41, 5.74) is 0. The second-order valence-corrected chi connectivity index (χ2v) is 8.18. The van der Waals surface area contributed by atoms with Gasteiger partial charge in [0.2, 0.25) is 10.0 Å². The van der Waals surface area contributed by atoms with Crippen LogP contribution < -0.4 is 4.72 Å². The van der Waals surface area contributed by atoms with Gasteiger partial charge in [0.1, 0.15) is 0 Å². The van der Waals surface area contributed by atoms with Crippen molar-refractivity contribution in [3.63, 3.8) is 0 Å². The molecule has 19 heavy (non-hydrogen) atoms. The van der Waals surface area contributed by atoms with Crippen LogP contribution in [-0.2, 0) is 10.0 Å². The molecular weight excluding hydrogens is 373 g/mol. The zero-order chi connectivity index (χ0) is 13.7. The summed E-state index contributed by atoms with van der Waals surface area (Å²) in [6, 6.07) is 6.97. The molecule has 0 unspecified atom stereocenters. The molecule has 1 aliphatic carbocycles. The van der Waals surface area contributed by atoms with Crippen LogP contribution in [-0.4, -0.2) is 15.0 Å². The van der Waals surface area contributed by atoms with Gasteiger partial charge in [0.15, 0.2) is 0 Å². The number of benzene rings is 1. The SMILES string of the molecule is O=S(=O)(NCC1CCCCCC1)c1ccc(I)cc1. The van der Waals surface area contributed by atoms with Gasteiger partial charge in [-0.15, -0.1) is 0 Å². The number of rotatable bonds is 4. The van der Waals surface area contributed by atoms with E-state index in [1.807, 2.05) is 12.1 Å². The molecule has 106 valence electrons. The fourth-order valence-electron chi connectivity index (χ4n) is 2.49. The molecule has 0 spiro atoms. The molecule has 0 heterocycles. The van der Waals surface area contributed by atoms with Gasteiger partial charge in [-0.1, -0.05) is 25.7 Å². The van der Waals surface area contributed by atoms with Crippen molar-refractivity contribution in [2.24, 2.45) is 5.92 Å². The molecule has 1 aromatic rings. The van der Waals surface area contributed by atoms with Crippen molar-refractivity contribution in [3.8, 4) is 0 Å². The van der Waals surface area contributed by atoms with E-state index < -0.39 is 10.0 Å². The van der Waals surface area contributed by atoms with Gasteiger partial charge in [0, 0.05) is 10.1 Å². The van der Waals surface area contributed by atoms with Crippen LogP contribution in [0.1, 0.15) is 38.5 Å². The maximum Gasteiger partial charge on any atom is 0.240 e. The summed E-state index contributed by atoms with van der Waals surface area (Å²) in [5.74, 6) is 0.501. The normalized spacial score (nSPS) is 18.2. The molecule has 1 N–H and O–H groups in total. The second kappa shape index (κ2) is 7.04. The second-order valence-electron chi connectivity index (χ2n) is 5.16. The number of hydrogen-bond donors (Lipinski definition) is 1. The Balaban J connectivity index is 1.95. The summed E-state index contributed by atoms with van der Waals surface area (Å²) in [4.78, 5) is 0.363. The molecule has 1 aliphatic rings. The van der Waals surface area contributed by atoms with Crippen LogP contribution in [0.25, 0.3) is 0 Å². The summed E-state index contributed by atoms with van der Waals surface area (Å²) < 4.78 is 28.1. The Labute approximate surface area is 129 Å². The van der Waals surface area contributed by atoms with Crippen molar-refractivity contribution >= 4 is 32.6 Å². The van der Waals surface area contributed by atoms with E-state index in [9.17, 15) is 8.42 Å². The third-order valence-electron chi connectivity index (χ3n) is 3.66. The van der Waals surface area contributed by atoms with Crippen LogP contribution in [0.5, 0.6) is 0 Å². The van der Waals surface area contributed by atoms with Crippen LogP contribution >= 0.6 is 22.6 Å². The molecule has 1 saturated carbocycles. The Morgan fingerprint density at radius 3 is 2.21 bits per heavy atom. The van der Waals surface area contributed by atoms with Crippen molar-refractivity contribution in [2.75, 3.05) is 6.54 Å². The maximum absolute atomic E-state index is 12.2. The van der Waals surface area contributed by atoms with Crippen LogP contribution in [0.4, 0.5) is 0 Å². The summed E-state index contributed by atoms with van der Waals surface area (Å²) >= 11 is 2.17. The van der Waals surface area contributed by atoms with Crippen molar-refractivity contribution in [1.82, 2.24) is 4.72 Å². The average molecular weight is 393 g/mol. The fraction of sp³-hybridized carbons (Fsp3) is 0.571. The van der Waals surface area contributed by atoms with Gasteiger partial charge < -0.3 is 0 Å². The largest absolute Gasteiger partial charge is 0.240 e. The monoisotopic (exact) mass is 393 g/mol. The van der Waals surface area contributed by atoms with E-state index in [1.54, 1.807) is 12.1 Å². The summed E-state index contributed by atoms with van der Waals surface area (Å²) in [5, 5.41) is 0. The van der Waals surface area contributed by atoms with Crippen LogP contribution in [0, 0.1) is 9.49 Å². The van der Waals surface area contributed by atoms with Crippen molar-refractivity contribution < 1.29 is 8.42 Å². The van der Waals surface area contributed by atoms with Crippen LogP contribution in [0.3, 0.4) is 0 Å². The van der Waals surface area contributed by atoms with E-state index in [4.69, 9.17) is 0 Å². The molecule has 1 fully saturated rings. The van der Waals surface area contributed by atoms with Crippen molar-refractivity contribution in [1.29, 1.82) is 0 Å². The summed E-state index contributed by atoms with van der Waals surface area (Å²) in [6.07, 6.45) is 7.34. The predicted molar refractivity (Wildman–Crippen MR) is 85.5 cm³/mol. The van der Waals surface area contributed by atoms with Gasteiger partial charge in [-0.25, -0.2) is 13.1 Å². The van der Waals surface area contributed by atoms with E-state index in [0.29, 0.717) is 17.4 Å². The molecule has 2 rings (SSSR count). The number of nitrogens with one attached hydrogen (secondary N) is 1. The van der Waals surface area contributed by atoms with Gasteiger partial charge in [-0.05, 0) is 65.6 Å². The molecule has 3 nitrogen and oxygen atoms in total. The maximum atomic E-state index is 12.2. The Hall–Kier alpha value is -0.140. The van der Waals surface area contributed by atoms with Crippen molar-refractivity contribution in [2.45, 2.75) is 43.4 Å². The number of hydrogen-bond acceptors (Lipinski definition) is 2. The van der Waals surface area contributed by atoms with E-state index in [0.717, 1.165) is 16.4 Å². The number of sulfonamides is 1. The quantitative estimate of drug-likeness (QED) is 0.628. The van der Waals surface area contributed by atoms with E-state index in [-0.39, 0.29) is 0 Å². The van der Waals surface area contributed by atoms with E-state index in [2.05, 4.69) is 27.3 Å². The first-order valence-corrected chi connectivity index (χ1v) is 9.39. The van der Waals surface area contributed by atoms with E-state index in [1.165, 1.54) is 25.7 Å². The summed E-state index contributed by atoms with van der Waals surface area (Å²) in [7, 11) is -3.34. The Kier molecular flexibility index (Phi) is 5.65. The molecule has 0 saturated heterocycles. The molecule has 5 heteroatoms. The molecule has 0 aromatic heterocycles. The molecule has 1 aromatic carbocycles. The molecule has 0 amide bonds. The third-order valence-corrected chi connectivity index (χ3v) is 5.82. The Morgan fingerprint density at radius 1 is 1.05 bits per heavy atom. The Bertz CT molecular complexity index is 491. The smallest absolute Gasteiger partial charge is 0.211 e. The lowest BCUT2D eigenvalue weighted by molar-refractivity contribution is 0.451. The topological polar surface area (TPSA) is 46.2 Å². The van der Waals surface area contributed by atoms with Gasteiger partial charge in [0.05, 0.1) is 4.90 Å². The van der Waals surface area contributed by atoms with E-state index >= 15 is 0 Å². The lowest BCUT2D eigenvalue weighted by Crippen LogP contribution is -2.29. The lowest BCUT2D eigenvalue weighted by Gasteiger charge is -2.15. The molecule has 0 atom stereocenters. The standard InChI is InChI=1S/C14H20INO2S/c15-13-7-9-14(10-8-13)19(17,18)16-11-12-5-3-1-2-4-6-12/h7-10,12,16H,1-6,11H2. The zero-order valence-electron chi connectivity index (χ0n) is 10.9. The van der Waals surface area contributed by atoms with Crippen LogP contribution in [0.2, 0.25) is 0 Å². The first-order chi connectivity index (χ1) is 9.08. The Morgan fingerprint density at radius 2 is 1.63 bits per heavy atom. The zero-order valence-corrected chi connectivity index (χ0v) is 13.9. The highest BCUT2D eigenvalue weighted by molar-refractivity contribution is 14.1. The first kappa shape index (κ1) is 15.3. The molecular formula is C14H20INO2S. The van der Waals surface area contributed by atoms with Crippen molar-refractivity contribution in [3.05, 3.63) is 27.8 Å². The van der Waals surface area contributed by atoms with Gasteiger partial charge in [-0.3, -0.25) is 0 Å². The minimum absolute atomic E-state index is 0.363. The minimum Gasteiger partial charge on any atom is -0.211 e. The average Bonchev–Trinajstić information content (AvgIpc) is 2.65. The number of halogens is 1. The van der Waals surface area contributed by atoms with Gasteiger partial charge >= 0.3 is 0 Å². The predicted octanol–water partition coefficient (Wildman–Crippen LogP) is 3.54.